The minimum absolute atomic E-state index is 0.677. The number of hydrogen-bond acceptors (Lipinski definition) is 5. The predicted octanol–water partition coefficient (Wildman–Crippen LogP) is 4.73. The van der Waals surface area contributed by atoms with Crippen LogP contribution in [0, 0.1) is 6.92 Å². The van der Waals surface area contributed by atoms with E-state index in [0.717, 1.165) is 59.8 Å². The van der Waals surface area contributed by atoms with E-state index in [-0.39, 0.29) is 0 Å². The van der Waals surface area contributed by atoms with E-state index in [9.17, 15) is 0 Å². The van der Waals surface area contributed by atoms with Gasteiger partial charge < -0.3 is 15.1 Å². The second-order valence-corrected chi connectivity index (χ2v) is 8.39. The first-order valence-electron chi connectivity index (χ1n) is 10.3. The molecule has 7 heteroatoms. The minimum Gasteiger partial charge on any atom is -0.370 e. The lowest BCUT2D eigenvalue weighted by atomic mass is 10.2. The van der Waals surface area contributed by atoms with Gasteiger partial charge in [-0.25, -0.2) is 9.97 Å². The smallest absolute Gasteiger partial charge is 0.157 e. The van der Waals surface area contributed by atoms with Crippen molar-refractivity contribution < 1.29 is 0 Å². The largest absolute Gasteiger partial charge is 0.370 e. The summed E-state index contributed by atoms with van der Waals surface area (Å²) in [6.45, 7) is 6.37. The van der Waals surface area contributed by atoms with Gasteiger partial charge >= 0.3 is 0 Å². The number of rotatable bonds is 3. The van der Waals surface area contributed by atoms with Crippen LogP contribution < -0.4 is 10.2 Å². The SMILES string of the molecule is Cc1cccc(Cl)c1Nc1nc2ccc(N3CCCN(C)CC3)cc2n2cncc12. The van der Waals surface area contributed by atoms with E-state index >= 15 is 0 Å². The van der Waals surface area contributed by atoms with Gasteiger partial charge in [-0.15, -0.1) is 0 Å². The van der Waals surface area contributed by atoms with Crippen molar-refractivity contribution in [1.29, 1.82) is 0 Å². The van der Waals surface area contributed by atoms with Crippen LogP contribution in [-0.4, -0.2) is 52.5 Å². The van der Waals surface area contributed by atoms with E-state index in [1.165, 1.54) is 12.1 Å². The van der Waals surface area contributed by atoms with Crippen LogP contribution in [-0.2, 0) is 0 Å². The van der Waals surface area contributed by atoms with Gasteiger partial charge in [0, 0.05) is 25.3 Å². The zero-order valence-corrected chi connectivity index (χ0v) is 18.0. The molecular formula is C23H25ClN6. The molecule has 6 nitrogen and oxygen atoms in total. The first-order chi connectivity index (χ1) is 14.6. The van der Waals surface area contributed by atoms with Crippen LogP contribution in [0.5, 0.6) is 0 Å². The number of anilines is 3. The molecule has 0 unspecified atom stereocenters. The summed E-state index contributed by atoms with van der Waals surface area (Å²) in [5.41, 5.74) is 6.08. The summed E-state index contributed by atoms with van der Waals surface area (Å²) in [6, 6.07) is 12.4. The predicted molar refractivity (Wildman–Crippen MR) is 124 cm³/mol. The molecular weight excluding hydrogens is 396 g/mol. The molecule has 2 aromatic heterocycles. The summed E-state index contributed by atoms with van der Waals surface area (Å²) in [5, 5.41) is 4.11. The van der Waals surface area contributed by atoms with Crippen molar-refractivity contribution >= 4 is 45.3 Å². The highest BCUT2D eigenvalue weighted by atomic mass is 35.5. The van der Waals surface area contributed by atoms with Gasteiger partial charge in [0.1, 0.15) is 5.52 Å². The Bertz CT molecular complexity index is 1200. The average molecular weight is 421 g/mol. The summed E-state index contributed by atoms with van der Waals surface area (Å²) < 4.78 is 2.10. The van der Waals surface area contributed by atoms with Crippen LogP contribution in [0.3, 0.4) is 0 Å². The third-order valence-electron chi connectivity index (χ3n) is 5.88. The highest BCUT2D eigenvalue weighted by Gasteiger charge is 2.16. The van der Waals surface area contributed by atoms with E-state index in [2.05, 4.69) is 49.7 Å². The molecule has 3 heterocycles. The van der Waals surface area contributed by atoms with Crippen LogP contribution in [0.4, 0.5) is 17.2 Å². The third kappa shape index (κ3) is 3.46. The molecule has 1 aliphatic heterocycles. The van der Waals surface area contributed by atoms with Gasteiger partial charge in [0.25, 0.3) is 0 Å². The molecule has 4 aromatic rings. The molecule has 2 aromatic carbocycles. The lowest BCUT2D eigenvalue weighted by Crippen LogP contribution is -2.28. The van der Waals surface area contributed by atoms with Crippen molar-refractivity contribution in [2.45, 2.75) is 13.3 Å². The molecule has 0 spiro atoms. The Morgan fingerprint density at radius 2 is 1.93 bits per heavy atom. The van der Waals surface area contributed by atoms with Gasteiger partial charge in [-0.3, -0.25) is 4.40 Å². The van der Waals surface area contributed by atoms with Crippen LogP contribution in [0.15, 0.2) is 48.9 Å². The number of para-hydroxylation sites is 1. The highest BCUT2D eigenvalue weighted by molar-refractivity contribution is 6.33. The molecule has 0 saturated carbocycles. The van der Waals surface area contributed by atoms with E-state index in [4.69, 9.17) is 16.6 Å². The van der Waals surface area contributed by atoms with E-state index in [1.54, 1.807) is 0 Å². The molecule has 0 radical (unpaired) electrons. The van der Waals surface area contributed by atoms with Crippen molar-refractivity contribution in [1.82, 2.24) is 19.3 Å². The number of nitrogens with zero attached hydrogens (tertiary/aromatic N) is 5. The van der Waals surface area contributed by atoms with Gasteiger partial charge in [-0.2, -0.15) is 0 Å². The maximum Gasteiger partial charge on any atom is 0.157 e. The van der Waals surface area contributed by atoms with Crippen LogP contribution in [0.25, 0.3) is 16.6 Å². The number of aromatic nitrogens is 3. The molecule has 0 aliphatic carbocycles. The first kappa shape index (κ1) is 19.2. The normalized spacial score (nSPS) is 15.6. The molecule has 0 bridgehead atoms. The number of imidazole rings is 1. The summed E-state index contributed by atoms with van der Waals surface area (Å²) in [4.78, 5) is 14.2. The van der Waals surface area contributed by atoms with Gasteiger partial charge in [0.05, 0.1) is 34.3 Å². The highest BCUT2D eigenvalue weighted by Crippen LogP contribution is 2.32. The van der Waals surface area contributed by atoms with E-state index in [1.807, 2.05) is 37.6 Å². The molecule has 1 N–H and O–H groups in total. The molecule has 0 amide bonds. The Morgan fingerprint density at radius 3 is 2.80 bits per heavy atom. The quantitative estimate of drug-likeness (QED) is 0.519. The Morgan fingerprint density at radius 1 is 1.03 bits per heavy atom. The number of benzene rings is 2. The second-order valence-electron chi connectivity index (χ2n) is 7.98. The molecule has 30 heavy (non-hydrogen) atoms. The summed E-state index contributed by atoms with van der Waals surface area (Å²) in [6.07, 6.45) is 4.87. The number of hydrogen-bond donors (Lipinski definition) is 1. The van der Waals surface area contributed by atoms with Gasteiger partial charge in [-0.1, -0.05) is 23.7 Å². The number of likely N-dealkylation sites (N-methyl/N-ethyl adjacent to an activating group) is 1. The maximum absolute atomic E-state index is 6.43. The molecule has 1 aliphatic rings. The topological polar surface area (TPSA) is 48.7 Å². The van der Waals surface area contributed by atoms with Crippen LogP contribution >= 0.6 is 11.6 Å². The minimum atomic E-state index is 0.677. The first-order valence-corrected chi connectivity index (χ1v) is 10.7. The number of halogens is 1. The molecule has 1 saturated heterocycles. The average Bonchev–Trinajstić information content (AvgIpc) is 3.14. The zero-order chi connectivity index (χ0) is 20.7. The molecule has 5 rings (SSSR count). The Labute approximate surface area is 181 Å². The Hall–Kier alpha value is -2.83. The summed E-state index contributed by atoms with van der Waals surface area (Å²) in [7, 11) is 2.19. The fourth-order valence-corrected chi connectivity index (χ4v) is 4.41. The summed E-state index contributed by atoms with van der Waals surface area (Å²) in [5.74, 6) is 0.750. The van der Waals surface area contributed by atoms with Gasteiger partial charge in [0.15, 0.2) is 5.82 Å². The zero-order valence-electron chi connectivity index (χ0n) is 17.3. The van der Waals surface area contributed by atoms with Crippen molar-refractivity contribution in [3.05, 3.63) is 59.5 Å². The summed E-state index contributed by atoms with van der Waals surface area (Å²) >= 11 is 6.43. The lowest BCUT2D eigenvalue weighted by Gasteiger charge is -2.23. The van der Waals surface area contributed by atoms with E-state index < -0.39 is 0 Å². The Balaban J connectivity index is 1.58. The van der Waals surface area contributed by atoms with Crippen LogP contribution in [0.1, 0.15) is 12.0 Å². The van der Waals surface area contributed by atoms with Gasteiger partial charge in [0.2, 0.25) is 0 Å². The fourth-order valence-electron chi connectivity index (χ4n) is 4.14. The van der Waals surface area contributed by atoms with Crippen LogP contribution in [0.2, 0.25) is 5.02 Å². The number of fused-ring (bicyclic) bond motifs is 3. The second kappa shape index (κ2) is 7.78. The monoisotopic (exact) mass is 420 g/mol. The van der Waals surface area contributed by atoms with E-state index in [0.29, 0.717) is 5.02 Å². The lowest BCUT2D eigenvalue weighted by molar-refractivity contribution is 0.360. The molecule has 1 fully saturated rings. The standard InChI is InChI=1S/C23H25ClN6/c1-16-5-3-6-18(24)22(16)27-23-21-14-25-15-30(21)20-13-17(7-8-19(20)26-23)29-10-4-9-28(2)11-12-29/h3,5-8,13-15H,4,9-12H2,1-2H3,(H,26,27). The molecule has 0 atom stereocenters. The molecule has 154 valence electrons. The third-order valence-corrected chi connectivity index (χ3v) is 6.20. The van der Waals surface area contributed by atoms with Crippen molar-refractivity contribution in [3.8, 4) is 0 Å². The fraction of sp³-hybridized carbons (Fsp3) is 0.304. The Kier molecular flexibility index (Phi) is 4.97. The number of nitrogens with one attached hydrogen (secondary N) is 1. The van der Waals surface area contributed by atoms with Crippen molar-refractivity contribution in [2.24, 2.45) is 0 Å². The number of aryl methyl sites for hydroxylation is 1. The van der Waals surface area contributed by atoms with Crippen molar-refractivity contribution in [3.63, 3.8) is 0 Å². The van der Waals surface area contributed by atoms with Gasteiger partial charge in [-0.05, 0) is 56.8 Å². The maximum atomic E-state index is 6.43. The van der Waals surface area contributed by atoms with Crippen molar-refractivity contribution in [2.75, 3.05) is 43.4 Å².